The Bertz CT molecular complexity index is 770. The summed E-state index contributed by atoms with van der Waals surface area (Å²) in [7, 11) is 3.96. The van der Waals surface area contributed by atoms with Gasteiger partial charge in [-0.15, -0.1) is 11.3 Å². The van der Waals surface area contributed by atoms with Crippen molar-refractivity contribution in [1.82, 2.24) is 9.88 Å². The zero-order chi connectivity index (χ0) is 17.1. The Morgan fingerprint density at radius 2 is 2.21 bits per heavy atom. The second-order valence-corrected chi connectivity index (χ2v) is 6.97. The van der Waals surface area contributed by atoms with Crippen molar-refractivity contribution in [3.05, 3.63) is 40.4 Å². The van der Waals surface area contributed by atoms with Gasteiger partial charge in [0.15, 0.2) is 5.13 Å². The fourth-order valence-corrected chi connectivity index (χ4v) is 3.34. The lowest BCUT2D eigenvalue weighted by Gasteiger charge is -2.09. The lowest BCUT2D eigenvalue weighted by molar-refractivity contribution is -0.116. The van der Waals surface area contributed by atoms with Gasteiger partial charge in [-0.2, -0.15) is 0 Å². The van der Waals surface area contributed by atoms with E-state index in [0.717, 1.165) is 36.3 Å². The van der Waals surface area contributed by atoms with Gasteiger partial charge >= 0.3 is 0 Å². The average Bonchev–Trinajstić information content (AvgIpc) is 2.85. The highest BCUT2D eigenvalue weighted by Gasteiger charge is 2.16. The van der Waals surface area contributed by atoms with Gasteiger partial charge in [-0.1, -0.05) is 0 Å². The minimum absolute atomic E-state index is 0.0298. The Morgan fingerprint density at radius 1 is 1.38 bits per heavy atom. The lowest BCUT2D eigenvalue weighted by atomic mass is 10.0. The molecule has 126 valence electrons. The van der Waals surface area contributed by atoms with E-state index in [1.54, 1.807) is 12.1 Å². The molecule has 0 saturated carbocycles. The summed E-state index contributed by atoms with van der Waals surface area (Å²) in [4.78, 5) is 30.5. The standard InChI is InChI=1S/C17H20N4O2S/c1-21(2)9-13-10-24-17(18-13)20-16(23)12-6-7-14-11(8-12)4-3-5-15(22)19-14/h6-8,10H,3-5,9H2,1-2H3,(H,19,22)(H,18,20,23). The number of amides is 2. The van der Waals surface area contributed by atoms with Crippen LogP contribution in [0, 0.1) is 0 Å². The summed E-state index contributed by atoms with van der Waals surface area (Å²) in [6.07, 6.45) is 2.10. The first-order valence-corrected chi connectivity index (χ1v) is 8.72. The molecule has 1 aliphatic rings. The number of aryl methyl sites for hydroxylation is 1. The molecule has 24 heavy (non-hydrogen) atoms. The summed E-state index contributed by atoms with van der Waals surface area (Å²) in [5, 5.41) is 8.26. The predicted molar refractivity (Wildman–Crippen MR) is 95.5 cm³/mol. The van der Waals surface area contributed by atoms with Crippen LogP contribution in [0.25, 0.3) is 0 Å². The van der Waals surface area contributed by atoms with Crippen molar-refractivity contribution in [1.29, 1.82) is 0 Å². The van der Waals surface area contributed by atoms with Gasteiger partial charge in [-0.25, -0.2) is 4.98 Å². The zero-order valence-corrected chi connectivity index (χ0v) is 14.6. The summed E-state index contributed by atoms with van der Waals surface area (Å²) in [6, 6.07) is 5.38. The first-order valence-electron chi connectivity index (χ1n) is 7.84. The highest BCUT2D eigenvalue weighted by atomic mass is 32.1. The van der Waals surface area contributed by atoms with Gasteiger partial charge in [-0.05, 0) is 50.7 Å². The van der Waals surface area contributed by atoms with E-state index in [1.165, 1.54) is 11.3 Å². The molecule has 0 aliphatic carbocycles. The van der Waals surface area contributed by atoms with Crippen LogP contribution in [-0.4, -0.2) is 35.8 Å². The summed E-state index contributed by atoms with van der Waals surface area (Å²) < 4.78 is 0. The van der Waals surface area contributed by atoms with Crippen LogP contribution in [0.1, 0.15) is 34.5 Å². The van der Waals surface area contributed by atoms with E-state index in [1.807, 2.05) is 30.4 Å². The van der Waals surface area contributed by atoms with E-state index in [9.17, 15) is 9.59 Å². The number of rotatable bonds is 4. The molecule has 6 nitrogen and oxygen atoms in total. The number of anilines is 2. The number of nitrogens with one attached hydrogen (secondary N) is 2. The maximum absolute atomic E-state index is 12.4. The number of carbonyl (C=O) groups excluding carboxylic acids is 2. The Labute approximate surface area is 144 Å². The third-order valence-corrected chi connectivity index (χ3v) is 4.55. The molecule has 2 N–H and O–H groups in total. The monoisotopic (exact) mass is 344 g/mol. The van der Waals surface area contributed by atoms with E-state index < -0.39 is 0 Å². The fraction of sp³-hybridized carbons (Fsp3) is 0.353. The number of fused-ring (bicyclic) bond motifs is 1. The van der Waals surface area contributed by atoms with E-state index in [0.29, 0.717) is 17.1 Å². The maximum Gasteiger partial charge on any atom is 0.257 e. The third kappa shape index (κ3) is 3.98. The van der Waals surface area contributed by atoms with Crippen LogP contribution >= 0.6 is 11.3 Å². The van der Waals surface area contributed by atoms with Gasteiger partial charge in [0.25, 0.3) is 5.91 Å². The molecule has 0 bridgehead atoms. The Kier molecular flexibility index (Phi) is 4.92. The lowest BCUT2D eigenvalue weighted by Crippen LogP contribution is -2.14. The molecular formula is C17H20N4O2S. The van der Waals surface area contributed by atoms with Crippen LogP contribution in [0.3, 0.4) is 0 Å². The van der Waals surface area contributed by atoms with Gasteiger partial charge in [0.05, 0.1) is 5.69 Å². The van der Waals surface area contributed by atoms with Crippen molar-refractivity contribution in [3.8, 4) is 0 Å². The van der Waals surface area contributed by atoms with Gasteiger partial charge in [0, 0.05) is 29.6 Å². The topological polar surface area (TPSA) is 74.3 Å². The Balaban J connectivity index is 1.72. The van der Waals surface area contributed by atoms with E-state index >= 15 is 0 Å². The van der Waals surface area contributed by atoms with Crippen molar-refractivity contribution in [2.75, 3.05) is 24.7 Å². The van der Waals surface area contributed by atoms with E-state index in [-0.39, 0.29) is 11.8 Å². The first kappa shape index (κ1) is 16.6. The number of hydrogen-bond donors (Lipinski definition) is 2. The predicted octanol–water partition coefficient (Wildman–Crippen LogP) is 2.73. The smallest absolute Gasteiger partial charge is 0.257 e. The van der Waals surface area contributed by atoms with Gasteiger partial charge in [0.1, 0.15) is 0 Å². The second kappa shape index (κ2) is 7.11. The van der Waals surface area contributed by atoms with Gasteiger partial charge in [0.2, 0.25) is 5.91 Å². The number of hydrogen-bond acceptors (Lipinski definition) is 5. The minimum Gasteiger partial charge on any atom is -0.326 e. The molecule has 1 aliphatic heterocycles. The molecule has 0 unspecified atom stereocenters. The minimum atomic E-state index is -0.181. The first-order chi connectivity index (χ1) is 11.5. The molecule has 7 heteroatoms. The van der Waals surface area contributed by atoms with Crippen molar-refractivity contribution in [2.24, 2.45) is 0 Å². The van der Waals surface area contributed by atoms with Crippen molar-refractivity contribution >= 4 is 34.0 Å². The quantitative estimate of drug-likeness (QED) is 0.894. The van der Waals surface area contributed by atoms with Crippen molar-refractivity contribution in [3.63, 3.8) is 0 Å². The summed E-state index contributed by atoms with van der Waals surface area (Å²) in [5.41, 5.74) is 3.32. The maximum atomic E-state index is 12.4. The van der Waals surface area contributed by atoms with E-state index in [2.05, 4.69) is 15.6 Å². The Morgan fingerprint density at radius 3 is 3.00 bits per heavy atom. The number of thiazole rings is 1. The SMILES string of the molecule is CN(C)Cc1csc(NC(=O)c2ccc3c(c2)CCCC(=O)N3)n1. The molecule has 3 rings (SSSR count). The number of carbonyl (C=O) groups is 2. The number of nitrogens with zero attached hydrogens (tertiary/aromatic N) is 2. The van der Waals surface area contributed by atoms with Gasteiger partial charge < -0.3 is 10.2 Å². The van der Waals surface area contributed by atoms with Crippen molar-refractivity contribution in [2.45, 2.75) is 25.8 Å². The summed E-state index contributed by atoms with van der Waals surface area (Å²) >= 11 is 1.42. The largest absolute Gasteiger partial charge is 0.326 e. The van der Waals surface area contributed by atoms with Crippen LogP contribution < -0.4 is 10.6 Å². The molecule has 1 aromatic heterocycles. The molecule has 2 aromatic rings. The third-order valence-electron chi connectivity index (χ3n) is 3.74. The van der Waals surface area contributed by atoms with Crippen LogP contribution in [0.5, 0.6) is 0 Å². The number of benzene rings is 1. The number of aromatic nitrogens is 1. The molecular weight excluding hydrogens is 324 g/mol. The average molecular weight is 344 g/mol. The van der Waals surface area contributed by atoms with Gasteiger partial charge in [-0.3, -0.25) is 14.9 Å². The zero-order valence-electron chi connectivity index (χ0n) is 13.8. The Hall–Kier alpha value is -2.25. The summed E-state index contributed by atoms with van der Waals surface area (Å²) in [5.74, 6) is -0.152. The molecule has 0 spiro atoms. The fourth-order valence-electron chi connectivity index (χ4n) is 2.65. The highest BCUT2D eigenvalue weighted by Crippen LogP contribution is 2.24. The molecule has 0 radical (unpaired) electrons. The van der Waals surface area contributed by atoms with Crippen LogP contribution in [0.15, 0.2) is 23.6 Å². The van der Waals surface area contributed by atoms with Crippen molar-refractivity contribution < 1.29 is 9.59 Å². The highest BCUT2D eigenvalue weighted by molar-refractivity contribution is 7.13. The molecule has 2 heterocycles. The van der Waals surface area contributed by atoms with Crippen LogP contribution in [0.4, 0.5) is 10.8 Å². The molecule has 1 aromatic carbocycles. The van der Waals surface area contributed by atoms with Crippen LogP contribution in [-0.2, 0) is 17.8 Å². The molecule has 0 atom stereocenters. The molecule has 0 saturated heterocycles. The summed E-state index contributed by atoms with van der Waals surface area (Å²) in [6.45, 7) is 0.741. The molecule has 2 amide bonds. The second-order valence-electron chi connectivity index (χ2n) is 6.11. The van der Waals surface area contributed by atoms with E-state index in [4.69, 9.17) is 0 Å². The normalized spacial score (nSPS) is 14.0. The van der Waals surface area contributed by atoms with Crippen LogP contribution in [0.2, 0.25) is 0 Å². The molecule has 0 fully saturated rings.